The summed E-state index contributed by atoms with van der Waals surface area (Å²) in [6.45, 7) is 7.75. The van der Waals surface area contributed by atoms with Crippen LogP contribution in [0.2, 0.25) is 0 Å². The SMILES string of the molecule is Cc1cc(C2=CC(c3ccc(F)c(C)c3)=C(/C=C/[C@@H]3C[C@@H](O)CC(=O)O3)C(C)(C)C2)ccc1F. The van der Waals surface area contributed by atoms with Gasteiger partial charge in [-0.15, -0.1) is 0 Å². The topological polar surface area (TPSA) is 46.5 Å². The van der Waals surface area contributed by atoms with Gasteiger partial charge in [0.1, 0.15) is 17.7 Å². The number of allylic oxidation sites excluding steroid dienone is 5. The summed E-state index contributed by atoms with van der Waals surface area (Å²) >= 11 is 0. The molecule has 4 rings (SSSR count). The van der Waals surface area contributed by atoms with E-state index in [0.29, 0.717) is 24.0 Å². The summed E-state index contributed by atoms with van der Waals surface area (Å²) in [5.74, 6) is -0.913. The van der Waals surface area contributed by atoms with Crippen LogP contribution in [0.4, 0.5) is 8.78 Å². The lowest BCUT2D eigenvalue weighted by molar-refractivity contribution is -0.156. The highest BCUT2D eigenvalue weighted by Crippen LogP contribution is 2.47. The lowest BCUT2D eigenvalue weighted by Crippen LogP contribution is -2.31. The fourth-order valence-corrected chi connectivity index (χ4v) is 4.77. The van der Waals surface area contributed by atoms with E-state index in [1.807, 2.05) is 24.3 Å². The lowest BCUT2D eigenvalue weighted by atomic mass is 9.70. The van der Waals surface area contributed by atoms with Crippen LogP contribution in [0, 0.1) is 30.9 Å². The normalized spacial score (nSPS) is 22.7. The second-order valence-corrected chi connectivity index (χ2v) is 9.97. The minimum atomic E-state index is -0.711. The smallest absolute Gasteiger partial charge is 0.309 e. The number of benzene rings is 2. The first-order valence-electron chi connectivity index (χ1n) is 11.6. The van der Waals surface area contributed by atoms with Crippen LogP contribution in [0.5, 0.6) is 0 Å². The number of hydrogen-bond donors (Lipinski definition) is 1. The molecule has 2 aromatic carbocycles. The number of rotatable bonds is 4. The van der Waals surface area contributed by atoms with Gasteiger partial charge in [-0.2, -0.15) is 0 Å². The van der Waals surface area contributed by atoms with Crippen molar-refractivity contribution in [2.75, 3.05) is 0 Å². The standard InChI is InChI=1S/C29H30F2O3/c1-17-11-19(5-9-26(17)30)21-13-24(20-6-10-27(31)18(2)12-20)25(29(3,4)16-21)8-7-23-14-22(32)15-28(33)34-23/h5-13,22-23,32H,14-16H2,1-4H3/b8-7+/t22-,23-/m1/s1. The van der Waals surface area contributed by atoms with Crippen molar-refractivity contribution in [3.8, 4) is 0 Å². The molecule has 0 spiro atoms. The molecule has 5 heteroatoms. The highest BCUT2D eigenvalue weighted by Gasteiger charge is 2.32. The molecular weight excluding hydrogens is 434 g/mol. The number of aliphatic hydroxyl groups excluding tert-OH is 1. The number of aryl methyl sites for hydroxylation is 2. The van der Waals surface area contributed by atoms with Gasteiger partial charge < -0.3 is 9.84 Å². The van der Waals surface area contributed by atoms with E-state index in [2.05, 4.69) is 19.9 Å². The molecule has 1 heterocycles. The minimum Gasteiger partial charge on any atom is -0.458 e. The maximum absolute atomic E-state index is 14.1. The number of halogens is 2. The Hall–Kier alpha value is -3.05. The molecule has 1 saturated heterocycles. The van der Waals surface area contributed by atoms with Crippen molar-refractivity contribution in [3.05, 3.63) is 94.1 Å². The fraction of sp³-hybridized carbons (Fsp3) is 0.345. The molecule has 178 valence electrons. The third-order valence-electron chi connectivity index (χ3n) is 6.63. The van der Waals surface area contributed by atoms with Gasteiger partial charge in [0.2, 0.25) is 0 Å². The van der Waals surface area contributed by atoms with Crippen LogP contribution in [-0.4, -0.2) is 23.3 Å². The molecule has 0 saturated carbocycles. The average Bonchev–Trinajstić information content (AvgIpc) is 2.75. The average molecular weight is 465 g/mol. The van der Waals surface area contributed by atoms with Crippen molar-refractivity contribution in [1.29, 1.82) is 0 Å². The summed E-state index contributed by atoms with van der Waals surface area (Å²) in [5, 5.41) is 9.96. The maximum atomic E-state index is 14.1. The van der Waals surface area contributed by atoms with E-state index in [-0.39, 0.29) is 23.5 Å². The predicted octanol–water partition coefficient (Wildman–Crippen LogP) is 6.47. The zero-order valence-corrected chi connectivity index (χ0v) is 20.0. The van der Waals surface area contributed by atoms with Gasteiger partial charge >= 0.3 is 5.97 Å². The highest BCUT2D eigenvalue weighted by atomic mass is 19.1. The molecular formula is C29H30F2O3. The predicted molar refractivity (Wildman–Crippen MR) is 130 cm³/mol. The van der Waals surface area contributed by atoms with Crippen molar-refractivity contribution < 1.29 is 23.4 Å². The van der Waals surface area contributed by atoms with E-state index >= 15 is 0 Å². The molecule has 1 aliphatic carbocycles. The highest BCUT2D eigenvalue weighted by molar-refractivity contribution is 5.90. The van der Waals surface area contributed by atoms with Crippen molar-refractivity contribution in [2.24, 2.45) is 5.41 Å². The van der Waals surface area contributed by atoms with Crippen LogP contribution in [0.15, 0.2) is 60.2 Å². The summed E-state index contributed by atoms with van der Waals surface area (Å²) < 4.78 is 33.4. The summed E-state index contributed by atoms with van der Waals surface area (Å²) in [6, 6.07) is 10.2. The summed E-state index contributed by atoms with van der Waals surface area (Å²) in [6.07, 6.45) is 5.76. The first-order valence-corrected chi connectivity index (χ1v) is 11.6. The number of carbonyl (C=O) groups is 1. The number of carbonyl (C=O) groups excluding carboxylic acids is 1. The molecule has 1 fully saturated rings. The second kappa shape index (κ2) is 9.30. The number of hydrogen-bond acceptors (Lipinski definition) is 3. The number of aliphatic hydroxyl groups is 1. The lowest BCUT2D eigenvalue weighted by Gasteiger charge is -2.35. The van der Waals surface area contributed by atoms with Gasteiger partial charge in [0.05, 0.1) is 12.5 Å². The van der Waals surface area contributed by atoms with Gasteiger partial charge in [-0.05, 0) is 95.0 Å². The van der Waals surface area contributed by atoms with E-state index < -0.39 is 18.2 Å². The monoisotopic (exact) mass is 464 g/mol. The number of cyclic esters (lactones) is 1. The number of esters is 1. The molecule has 2 atom stereocenters. The van der Waals surface area contributed by atoms with Crippen LogP contribution in [0.25, 0.3) is 11.1 Å². The molecule has 34 heavy (non-hydrogen) atoms. The van der Waals surface area contributed by atoms with Gasteiger partial charge in [0.15, 0.2) is 0 Å². The fourth-order valence-electron chi connectivity index (χ4n) is 4.77. The molecule has 0 bridgehead atoms. The Morgan fingerprint density at radius 1 is 1.03 bits per heavy atom. The summed E-state index contributed by atoms with van der Waals surface area (Å²) in [4.78, 5) is 11.8. The van der Waals surface area contributed by atoms with Crippen LogP contribution in [0.1, 0.15) is 55.4 Å². The van der Waals surface area contributed by atoms with Crippen LogP contribution >= 0.6 is 0 Å². The van der Waals surface area contributed by atoms with Gasteiger partial charge in [-0.3, -0.25) is 4.79 Å². The van der Waals surface area contributed by atoms with E-state index in [4.69, 9.17) is 4.74 Å². The van der Waals surface area contributed by atoms with Gasteiger partial charge in [-0.25, -0.2) is 8.78 Å². The van der Waals surface area contributed by atoms with E-state index in [0.717, 1.165) is 27.8 Å². The molecule has 0 unspecified atom stereocenters. The molecule has 2 aromatic rings. The first-order chi connectivity index (χ1) is 16.0. The Kier molecular flexibility index (Phi) is 6.59. The Balaban J connectivity index is 1.84. The van der Waals surface area contributed by atoms with Crippen LogP contribution < -0.4 is 0 Å². The van der Waals surface area contributed by atoms with Crippen molar-refractivity contribution in [1.82, 2.24) is 0 Å². The van der Waals surface area contributed by atoms with Crippen LogP contribution in [-0.2, 0) is 9.53 Å². The maximum Gasteiger partial charge on any atom is 0.309 e. The van der Waals surface area contributed by atoms with Crippen molar-refractivity contribution >= 4 is 17.1 Å². The van der Waals surface area contributed by atoms with Crippen molar-refractivity contribution in [2.45, 2.75) is 59.2 Å². The second-order valence-electron chi connectivity index (χ2n) is 9.97. The largest absolute Gasteiger partial charge is 0.458 e. The molecule has 2 aliphatic rings. The van der Waals surface area contributed by atoms with Gasteiger partial charge in [-0.1, -0.05) is 38.1 Å². The zero-order chi connectivity index (χ0) is 24.6. The quantitative estimate of drug-likeness (QED) is 0.528. The number of ether oxygens (including phenoxy) is 1. The third kappa shape index (κ3) is 5.05. The Morgan fingerprint density at radius 3 is 2.26 bits per heavy atom. The molecule has 0 aromatic heterocycles. The minimum absolute atomic E-state index is 0.0157. The van der Waals surface area contributed by atoms with Gasteiger partial charge in [0.25, 0.3) is 0 Å². The molecule has 1 aliphatic heterocycles. The summed E-state index contributed by atoms with van der Waals surface area (Å²) in [5.41, 5.74) is 5.70. The van der Waals surface area contributed by atoms with E-state index in [1.54, 1.807) is 26.0 Å². The molecule has 0 radical (unpaired) electrons. The van der Waals surface area contributed by atoms with Crippen LogP contribution in [0.3, 0.4) is 0 Å². The Morgan fingerprint density at radius 2 is 1.65 bits per heavy atom. The molecule has 0 amide bonds. The van der Waals surface area contributed by atoms with E-state index in [1.165, 1.54) is 12.1 Å². The Bertz CT molecular complexity index is 1220. The third-order valence-corrected chi connectivity index (χ3v) is 6.63. The zero-order valence-electron chi connectivity index (χ0n) is 20.0. The molecule has 1 N–H and O–H groups in total. The first kappa shape index (κ1) is 24.1. The summed E-state index contributed by atoms with van der Waals surface area (Å²) in [7, 11) is 0. The van der Waals surface area contributed by atoms with E-state index in [9.17, 15) is 18.7 Å². The van der Waals surface area contributed by atoms with Gasteiger partial charge in [0, 0.05) is 6.42 Å². The van der Waals surface area contributed by atoms with Crippen molar-refractivity contribution in [3.63, 3.8) is 0 Å². The molecule has 3 nitrogen and oxygen atoms in total. The Labute approximate surface area is 199 Å².